The number of aromatic nitrogens is 1. The number of fused-ring (bicyclic) bond motifs is 4. The molecule has 11 rings (SSSR count). The summed E-state index contributed by atoms with van der Waals surface area (Å²) in [6, 6.07) is 41.7. The minimum absolute atomic E-state index is 0.105. The fraction of sp³-hybridized carbons (Fsp3) is 0. The first-order chi connectivity index (χ1) is 19.9. The van der Waals surface area contributed by atoms with Crippen molar-refractivity contribution in [3.05, 3.63) is 115 Å². The van der Waals surface area contributed by atoms with Gasteiger partial charge in [-0.1, -0.05) is 66.7 Å². The predicted octanol–water partition coefficient (Wildman–Crippen LogP) is 8.78. The molecule has 0 aliphatic carbocycles. The minimum atomic E-state index is -0.105. The Labute approximate surface area is 229 Å². The van der Waals surface area contributed by atoms with E-state index in [1.807, 2.05) is 0 Å². The fourth-order valence-corrected chi connectivity index (χ4v) is 7.73. The summed E-state index contributed by atoms with van der Waals surface area (Å²) in [6.07, 6.45) is 0. The molecular weight excluding hydrogens is 491 g/mol. The summed E-state index contributed by atoms with van der Waals surface area (Å²) in [5.41, 5.74) is 9.43. The maximum Gasteiger partial charge on any atom is 0.519 e. The van der Waals surface area contributed by atoms with Crippen molar-refractivity contribution in [1.82, 2.24) is 4.57 Å². The van der Waals surface area contributed by atoms with Gasteiger partial charge in [-0.25, -0.2) is 0 Å². The lowest BCUT2D eigenvalue weighted by atomic mass is 9.70. The van der Waals surface area contributed by atoms with E-state index in [4.69, 9.17) is 4.74 Å². The van der Waals surface area contributed by atoms with Crippen molar-refractivity contribution in [1.29, 1.82) is 0 Å². The van der Waals surface area contributed by atoms with E-state index in [1.54, 1.807) is 0 Å². The molecule has 0 bridgehead atoms. The molecule has 0 saturated carbocycles. The van der Waals surface area contributed by atoms with Crippen LogP contribution in [0.15, 0.2) is 115 Å². The van der Waals surface area contributed by atoms with Gasteiger partial charge in [0.15, 0.2) is 5.75 Å². The number of hydrogen-bond donors (Lipinski definition) is 0. The molecular formula is C34H19BN4O. The van der Waals surface area contributed by atoms with Crippen molar-refractivity contribution in [2.45, 2.75) is 0 Å². The Morgan fingerprint density at radius 1 is 0.475 bits per heavy atom. The summed E-state index contributed by atoms with van der Waals surface area (Å²) in [7, 11) is -0.105. The van der Waals surface area contributed by atoms with Crippen LogP contribution in [0.25, 0.3) is 38.1 Å². The fourth-order valence-electron chi connectivity index (χ4n) is 7.73. The standard InChI is InChI=1S/C34H19BN4O/c1-2-11-22(12-3-1)36-23-13-7-17-27-31(23)33-34(36)40-28-19-18-21-10-6-16-26-30(21)32(28)39(33)35-37(26)24-14-4-8-20-9-5-15-25(29(20)24)38(27)35/h1-19H. The van der Waals surface area contributed by atoms with Gasteiger partial charge in [0.1, 0.15) is 5.69 Å². The number of benzene rings is 6. The maximum atomic E-state index is 6.92. The molecule has 5 nitrogen and oxygen atoms in total. The predicted molar refractivity (Wildman–Crippen MR) is 163 cm³/mol. The first-order valence-electron chi connectivity index (χ1n) is 13.7. The third kappa shape index (κ3) is 2.01. The number of nitrogens with zero attached hydrogens (tertiary/aromatic N) is 4. The maximum absolute atomic E-state index is 6.92. The molecule has 184 valence electrons. The number of ether oxygens (including phenoxy) is 1. The highest BCUT2D eigenvalue weighted by atomic mass is 16.5. The Hall–Kier alpha value is -5.36. The van der Waals surface area contributed by atoms with Crippen molar-refractivity contribution in [3.8, 4) is 17.3 Å². The van der Waals surface area contributed by atoms with E-state index in [0.29, 0.717) is 0 Å². The van der Waals surface area contributed by atoms with Crippen LogP contribution in [-0.4, -0.2) is 11.7 Å². The van der Waals surface area contributed by atoms with Gasteiger partial charge in [0.05, 0.1) is 11.2 Å². The number of rotatable bonds is 1. The van der Waals surface area contributed by atoms with Crippen molar-refractivity contribution in [3.63, 3.8) is 0 Å². The van der Waals surface area contributed by atoms with Crippen LogP contribution in [0.3, 0.4) is 0 Å². The Morgan fingerprint density at radius 2 is 1.10 bits per heavy atom. The Bertz CT molecular complexity index is 2290. The Morgan fingerprint density at radius 3 is 1.82 bits per heavy atom. The van der Waals surface area contributed by atoms with Gasteiger partial charge in [-0.05, 0) is 59.3 Å². The third-order valence-electron chi connectivity index (χ3n) is 9.16. The third-order valence-corrected chi connectivity index (χ3v) is 9.16. The van der Waals surface area contributed by atoms with E-state index >= 15 is 0 Å². The van der Waals surface area contributed by atoms with Crippen LogP contribution >= 0.6 is 0 Å². The average molecular weight is 510 g/mol. The quantitative estimate of drug-likeness (QED) is 0.206. The largest absolute Gasteiger partial charge is 0.519 e. The van der Waals surface area contributed by atoms with Crippen molar-refractivity contribution >= 4 is 73.7 Å². The molecule has 1 aromatic heterocycles. The van der Waals surface area contributed by atoms with E-state index in [9.17, 15) is 0 Å². The second-order valence-electron chi connectivity index (χ2n) is 11.0. The van der Waals surface area contributed by atoms with Crippen LogP contribution in [-0.2, 0) is 0 Å². The second kappa shape index (κ2) is 6.44. The van der Waals surface area contributed by atoms with Gasteiger partial charge in [0.25, 0.3) is 0 Å². The molecule has 40 heavy (non-hydrogen) atoms. The van der Waals surface area contributed by atoms with Crippen molar-refractivity contribution in [2.24, 2.45) is 0 Å². The zero-order chi connectivity index (χ0) is 25.7. The van der Waals surface area contributed by atoms with Crippen molar-refractivity contribution in [2.75, 3.05) is 14.4 Å². The SMILES string of the molecule is c1ccc(-n2c3c4c5c(cccc52)N2B5N(c6cccc7cccc2c67)c2cccc6ccc(c(c26)N54)O3)cc1. The molecule has 0 spiro atoms. The lowest BCUT2D eigenvalue weighted by Gasteiger charge is -2.54. The summed E-state index contributed by atoms with van der Waals surface area (Å²) in [4.78, 5) is 7.64. The van der Waals surface area contributed by atoms with Gasteiger partial charge in [0, 0.05) is 44.6 Å². The monoisotopic (exact) mass is 510 g/mol. The summed E-state index contributed by atoms with van der Waals surface area (Å²) >= 11 is 0. The molecule has 0 unspecified atom stereocenters. The van der Waals surface area contributed by atoms with Crippen LogP contribution in [0.2, 0.25) is 0 Å². The first-order valence-corrected chi connectivity index (χ1v) is 13.7. The molecule has 5 heterocycles. The van der Waals surface area contributed by atoms with Crippen LogP contribution in [0.4, 0.5) is 34.1 Å². The smallest absolute Gasteiger partial charge is 0.436 e. The number of para-hydroxylation sites is 1. The van der Waals surface area contributed by atoms with Gasteiger partial charge in [-0.3, -0.25) is 4.57 Å². The molecule has 0 N–H and O–H groups in total. The summed E-state index contributed by atoms with van der Waals surface area (Å²) < 4.78 is 9.21. The topological polar surface area (TPSA) is 23.9 Å². The van der Waals surface area contributed by atoms with Crippen LogP contribution < -0.4 is 19.2 Å². The molecule has 6 aromatic carbocycles. The summed E-state index contributed by atoms with van der Waals surface area (Å²) in [5.74, 6) is 1.77. The number of anilines is 6. The summed E-state index contributed by atoms with van der Waals surface area (Å²) in [5, 5.41) is 6.21. The molecule has 4 aliphatic heterocycles. The molecule has 6 heteroatoms. The molecule has 7 aromatic rings. The second-order valence-corrected chi connectivity index (χ2v) is 11.0. The zero-order valence-electron chi connectivity index (χ0n) is 21.2. The highest BCUT2D eigenvalue weighted by molar-refractivity contribution is 6.80. The highest BCUT2D eigenvalue weighted by Gasteiger charge is 2.56. The van der Waals surface area contributed by atoms with Crippen molar-refractivity contribution < 1.29 is 4.74 Å². The minimum Gasteiger partial charge on any atom is -0.436 e. The summed E-state index contributed by atoms with van der Waals surface area (Å²) in [6.45, 7) is 0. The Kier molecular flexibility index (Phi) is 3.17. The van der Waals surface area contributed by atoms with Crippen LogP contribution in [0, 0.1) is 0 Å². The van der Waals surface area contributed by atoms with E-state index in [1.165, 1.54) is 49.7 Å². The lowest BCUT2D eigenvalue weighted by Crippen LogP contribution is -2.64. The zero-order valence-corrected chi connectivity index (χ0v) is 21.2. The number of hydrogen-bond acceptors (Lipinski definition) is 4. The normalized spacial score (nSPS) is 15.0. The first kappa shape index (κ1) is 19.7. The van der Waals surface area contributed by atoms with Gasteiger partial charge in [0.2, 0.25) is 5.88 Å². The highest BCUT2D eigenvalue weighted by Crippen LogP contribution is 2.65. The van der Waals surface area contributed by atoms with E-state index in [-0.39, 0.29) is 7.12 Å². The average Bonchev–Trinajstić information content (AvgIpc) is 3.35. The molecule has 4 aliphatic rings. The molecule has 0 radical (unpaired) electrons. The lowest BCUT2D eigenvalue weighted by molar-refractivity contribution is 0.451. The van der Waals surface area contributed by atoms with Gasteiger partial charge >= 0.3 is 7.12 Å². The molecule has 0 atom stereocenters. The molecule has 0 fully saturated rings. The van der Waals surface area contributed by atoms with Crippen LogP contribution in [0.1, 0.15) is 0 Å². The molecule has 0 saturated heterocycles. The van der Waals surface area contributed by atoms with Gasteiger partial charge in [-0.2, -0.15) is 0 Å². The van der Waals surface area contributed by atoms with E-state index < -0.39 is 0 Å². The Balaban J connectivity index is 1.40. The van der Waals surface area contributed by atoms with E-state index in [0.717, 1.165) is 34.2 Å². The van der Waals surface area contributed by atoms with E-state index in [2.05, 4.69) is 134 Å². The van der Waals surface area contributed by atoms with Gasteiger partial charge in [-0.15, -0.1) is 0 Å². The van der Waals surface area contributed by atoms with Gasteiger partial charge < -0.3 is 19.2 Å². The van der Waals surface area contributed by atoms with Crippen LogP contribution in [0.5, 0.6) is 11.6 Å². The molecule has 0 amide bonds.